The standard InChI is InChI=1S/C21H17Cl2N3O3S/c1-13-10-16(6-7-17(13)23)30(28,29)25-18-11-15(22)12-24-20(18)21(27)26-9-8-14-4-2-3-5-19(14)26/h2-7,10-12,25H,8-9H2,1H3. The van der Waals surface area contributed by atoms with Gasteiger partial charge in [0, 0.05) is 23.5 Å². The fraction of sp³-hybridized carbons (Fsp3) is 0.143. The molecular weight excluding hydrogens is 445 g/mol. The Morgan fingerprint density at radius 2 is 1.90 bits per heavy atom. The summed E-state index contributed by atoms with van der Waals surface area (Å²) in [4.78, 5) is 19.0. The third kappa shape index (κ3) is 3.88. The lowest BCUT2D eigenvalue weighted by Crippen LogP contribution is -2.31. The average molecular weight is 462 g/mol. The lowest BCUT2D eigenvalue weighted by molar-refractivity contribution is 0.0985. The van der Waals surface area contributed by atoms with Crippen LogP contribution in [-0.2, 0) is 16.4 Å². The Balaban J connectivity index is 1.71. The Hall–Kier alpha value is -2.61. The molecule has 154 valence electrons. The first kappa shape index (κ1) is 20.7. The minimum atomic E-state index is -3.99. The van der Waals surface area contributed by atoms with Gasteiger partial charge in [0.1, 0.15) is 0 Å². The van der Waals surface area contributed by atoms with Crippen LogP contribution in [0.15, 0.2) is 59.6 Å². The minimum Gasteiger partial charge on any atom is -0.306 e. The first-order valence-corrected chi connectivity index (χ1v) is 11.3. The van der Waals surface area contributed by atoms with E-state index in [1.807, 2.05) is 24.3 Å². The Bertz CT molecular complexity index is 1260. The van der Waals surface area contributed by atoms with Crippen LogP contribution >= 0.6 is 23.2 Å². The van der Waals surface area contributed by atoms with Crippen molar-refractivity contribution < 1.29 is 13.2 Å². The molecule has 0 bridgehead atoms. The summed E-state index contributed by atoms with van der Waals surface area (Å²) in [6, 6.07) is 13.3. The zero-order valence-corrected chi connectivity index (χ0v) is 18.2. The SMILES string of the molecule is Cc1cc(S(=O)(=O)Nc2cc(Cl)cnc2C(=O)N2CCc3ccccc32)ccc1Cl. The molecule has 0 saturated heterocycles. The van der Waals surface area contributed by atoms with Crippen molar-refractivity contribution in [1.82, 2.24) is 4.98 Å². The van der Waals surface area contributed by atoms with Crippen LogP contribution in [0.5, 0.6) is 0 Å². The number of nitrogens with one attached hydrogen (secondary N) is 1. The van der Waals surface area contributed by atoms with E-state index >= 15 is 0 Å². The van der Waals surface area contributed by atoms with Crippen LogP contribution in [0, 0.1) is 6.92 Å². The predicted octanol–water partition coefficient (Wildman–Crippen LogP) is 4.70. The highest BCUT2D eigenvalue weighted by atomic mass is 35.5. The molecule has 2 aromatic carbocycles. The van der Waals surface area contributed by atoms with E-state index in [9.17, 15) is 13.2 Å². The van der Waals surface area contributed by atoms with Crippen LogP contribution in [0.1, 0.15) is 21.6 Å². The van der Waals surface area contributed by atoms with Gasteiger partial charge in [0.15, 0.2) is 5.69 Å². The quantitative estimate of drug-likeness (QED) is 0.610. The van der Waals surface area contributed by atoms with E-state index in [4.69, 9.17) is 23.2 Å². The smallest absolute Gasteiger partial charge is 0.279 e. The molecule has 1 amide bonds. The molecule has 30 heavy (non-hydrogen) atoms. The predicted molar refractivity (Wildman–Crippen MR) is 118 cm³/mol. The van der Waals surface area contributed by atoms with Crippen LogP contribution in [0.3, 0.4) is 0 Å². The number of pyridine rings is 1. The van der Waals surface area contributed by atoms with Crippen molar-refractivity contribution in [3.63, 3.8) is 0 Å². The molecule has 9 heteroatoms. The molecule has 1 aromatic heterocycles. The zero-order valence-electron chi connectivity index (χ0n) is 15.9. The number of rotatable bonds is 4. The molecule has 1 aliphatic rings. The van der Waals surface area contributed by atoms with E-state index in [2.05, 4.69) is 9.71 Å². The van der Waals surface area contributed by atoms with Crippen LogP contribution in [-0.4, -0.2) is 25.9 Å². The lowest BCUT2D eigenvalue weighted by Gasteiger charge is -2.19. The molecule has 0 fully saturated rings. The van der Waals surface area contributed by atoms with Crippen molar-refractivity contribution in [2.24, 2.45) is 0 Å². The zero-order chi connectivity index (χ0) is 21.5. The van der Waals surface area contributed by atoms with Gasteiger partial charge in [-0.05, 0) is 54.8 Å². The van der Waals surface area contributed by atoms with Gasteiger partial charge in [0.2, 0.25) is 0 Å². The number of aromatic nitrogens is 1. The van der Waals surface area contributed by atoms with Crippen molar-refractivity contribution in [2.75, 3.05) is 16.2 Å². The number of hydrogen-bond donors (Lipinski definition) is 1. The third-order valence-corrected chi connectivity index (χ3v) is 6.87. The van der Waals surface area contributed by atoms with Crippen LogP contribution in [0.2, 0.25) is 10.0 Å². The normalized spacial score (nSPS) is 13.2. The van der Waals surface area contributed by atoms with E-state index < -0.39 is 15.9 Å². The van der Waals surface area contributed by atoms with Crippen molar-refractivity contribution >= 4 is 50.5 Å². The van der Waals surface area contributed by atoms with Gasteiger partial charge in [-0.3, -0.25) is 9.52 Å². The summed E-state index contributed by atoms with van der Waals surface area (Å²) in [5, 5.41) is 0.667. The molecule has 2 heterocycles. The van der Waals surface area contributed by atoms with Gasteiger partial charge >= 0.3 is 0 Å². The monoisotopic (exact) mass is 461 g/mol. The molecule has 0 aliphatic carbocycles. The van der Waals surface area contributed by atoms with Gasteiger partial charge in [0.25, 0.3) is 15.9 Å². The second-order valence-corrected chi connectivity index (χ2v) is 9.43. The molecule has 0 unspecified atom stereocenters. The number of sulfonamides is 1. The van der Waals surface area contributed by atoms with Crippen molar-refractivity contribution in [3.8, 4) is 0 Å². The first-order valence-electron chi connectivity index (χ1n) is 9.10. The summed E-state index contributed by atoms with van der Waals surface area (Å²) in [6.07, 6.45) is 2.04. The summed E-state index contributed by atoms with van der Waals surface area (Å²) in [5.74, 6) is -0.401. The first-order chi connectivity index (χ1) is 14.3. The topological polar surface area (TPSA) is 79.4 Å². The van der Waals surface area contributed by atoms with E-state index in [-0.39, 0.29) is 21.3 Å². The Morgan fingerprint density at radius 1 is 1.13 bits per heavy atom. The van der Waals surface area contributed by atoms with E-state index in [1.165, 1.54) is 30.5 Å². The summed E-state index contributed by atoms with van der Waals surface area (Å²) in [5.41, 5.74) is 2.46. The number of carbonyl (C=O) groups excluding carboxylic acids is 1. The fourth-order valence-electron chi connectivity index (χ4n) is 3.35. The second kappa shape index (κ2) is 7.91. The van der Waals surface area contributed by atoms with Crippen LogP contribution in [0.25, 0.3) is 0 Å². The maximum absolute atomic E-state index is 13.2. The van der Waals surface area contributed by atoms with Crippen molar-refractivity contribution in [2.45, 2.75) is 18.2 Å². The lowest BCUT2D eigenvalue weighted by atomic mass is 10.2. The largest absolute Gasteiger partial charge is 0.306 e. The molecule has 6 nitrogen and oxygen atoms in total. The Morgan fingerprint density at radius 3 is 2.67 bits per heavy atom. The number of nitrogens with zero attached hydrogens (tertiary/aromatic N) is 2. The Kier molecular flexibility index (Phi) is 5.44. The van der Waals surface area contributed by atoms with Gasteiger partial charge < -0.3 is 4.90 Å². The maximum Gasteiger partial charge on any atom is 0.279 e. The highest BCUT2D eigenvalue weighted by Gasteiger charge is 2.29. The van der Waals surface area contributed by atoms with Crippen LogP contribution in [0.4, 0.5) is 11.4 Å². The summed E-state index contributed by atoms with van der Waals surface area (Å²) < 4.78 is 28.3. The van der Waals surface area contributed by atoms with Gasteiger partial charge in [-0.2, -0.15) is 0 Å². The van der Waals surface area contributed by atoms with Crippen LogP contribution < -0.4 is 9.62 Å². The number of amides is 1. The molecule has 0 saturated carbocycles. The number of halogens is 2. The number of benzene rings is 2. The molecular formula is C21H17Cl2N3O3S. The molecule has 1 N–H and O–H groups in total. The fourth-order valence-corrected chi connectivity index (χ4v) is 4.77. The van der Waals surface area contributed by atoms with E-state index in [0.29, 0.717) is 17.1 Å². The molecule has 4 rings (SSSR count). The average Bonchev–Trinajstić information content (AvgIpc) is 3.13. The van der Waals surface area contributed by atoms with E-state index in [1.54, 1.807) is 11.8 Å². The number of fused-ring (bicyclic) bond motifs is 1. The molecule has 0 atom stereocenters. The van der Waals surface area contributed by atoms with Gasteiger partial charge in [-0.1, -0.05) is 41.4 Å². The molecule has 1 aliphatic heterocycles. The number of aryl methyl sites for hydroxylation is 1. The summed E-state index contributed by atoms with van der Waals surface area (Å²) >= 11 is 12.0. The van der Waals surface area contributed by atoms with Gasteiger partial charge in [-0.25, -0.2) is 13.4 Å². The number of para-hydroxylation sites is 1. The summed E-state index contributed by atoms with van der Waals surface area (Å²) in [7, 11) is -3.99. The number of carbonyl (C=O) groups is 1. The van der Waals surface area contributed by atoms with E-state index in [0.717, 1.165) is 17.7 Å². The van der Waals surface area contributed by atoms with Crippen molar-refractivity contribution in [3.05, 3.63) is 81.6 Å². The highest BCUT2D eigenvalue weighted by molar-refractivity contribution is 7.92. The summed E-state index contributed by atoms with van der Waals surface area (Å²) in [6.45, 7) is 2.20. The molecule has 0 radical (unpaired) electrons. The number of anilines is 2. The molecule has 0 spiro atoms. The minimum absolute atomic E-state index is 0.0180. The Labute approximate surface area is 184 Å². The second-order valence-electron chi connectivity index (χ2n) is 6.90. The number of hydrogen-bond acceptors (Lipinski definition) is 4. The highest BCUT2D eigenvalue weighted by Crippen LogP contribution is 2.31. The van der Waals surface area contributed by atoms with Gasteiger partial charge in [0.05, 0.1) is 15.6 Å². The maximum atomic E-state index is 13.2. The third-order valence-electron chi connectivity index (χ3n) is 4.87. The van der Waals surface area contributed by atoms with Gasteiger partial charge in [-0.15, -0.1) is 0 Å². The van der Waals surface area contributed by atoms with Crippen molar-refractivity contribution in [1.29, 1.82) is 0 Å². The molecule has 3 aromatic rings.